The predicted molar refractivity (Wildman–Crippen MR) is 73.5 cm³/mol. The SMILES string of the molecule is CCCNC(C)c1ccc(OCCCC#N)c(F)c1. The van der Waals surface area contributed by atoms with Crippen LogP contribution in [0.1, 0.15) is 44.7 Å². The molecule has 0 bridgehead atoms. The standard InChI is InChI=1S/C15H21FN2O/c1-3-9-18-12(2)13-6-7-15(14(16)11-13)19-10-5-4-8-17/h6-7,11-12,18H,3-5,9-10H2,1-2H3. The Morgan fingerprint density at radius 3 is 2.89 bits per heavy atom. The topological polar surface area (TPSA) is 45.0 Å². The Morgan fingerprint density at radius 2 is 2.26 bits per heavy atom. The molecule has 0 amide bonds. The lowest BCUT2D eigenvalue weighted by atomic mass is 10.1. The summed E-state index contributed by atoms with van der Waals surface area (Å²) in [5, 5.41) is 11.7. The summed E-state index contributed by atoms with van der Waals surface area (Å²) < 4.78 is 19.1. The Labute approximate surface area is 114 Å². The second kappa shape index (κ2) is 8.49. The molecule has 1 aromatic rings. The van der Waals surface area contributed by atoms with Gasteiger partial charge in [-0.2, -0.15) is 5.26 Å². The van der Waals surface area contributed by atoms with Gasteiger partial charge in [-0.15, -0.1) is 0 Å². The Morgan fingerprint density at radius 1 is 1.47 bits per heavy atom. The van der Waals surface area contributed by atoms with E-state index < -0.39 is 0 Å². The van der Waals surface area contributed by atoms with Gasteiger partial charge in [0.2, 0.25) is 0 Å². The normalized spacial score (nSPS) is 11.9. The number of nitrogens with zero attached hydrogens (tertiary/aromatic N) is 1. The van der Waals surface area contributed by atoms with Crippen molar-refractivity contribution in [3.63, 3.8) is 0 Å². The fourth-order valence-corrected chi connectivity index (χ4v) is 1.72. The number of hydrogen-bond donors (Lipinski definition) is 1. The number of ether oxygens (including phenoxy) is 1. The Hall–Kier alpha value is -1.60. The number of unbranched alkanes of at least 4 members (excludes halogenated alkanes) is 1. The van der Waals surface area contributed by atoms with Gasteiger partial charge >= 0.3 is 0 Å². The van der Waals surface area contributed by atoms with Crippen molar-refractivity contribution in [3.8, 4) is 11.8 Å². The Balaban J connectivity index is 2.56. The fraction of sp³-hybridized carbons (Fsp3) is 0.533. The number of hydrogen-bond acceptors (Lipinski definition) is 3. The molecule has 0 fully saturated rings. The molecule has 0 radical (unpaired) electrons. The molecule has 1 N–H and O–H groups in total. The lowest BCUT2D eigenvalue weighted by Gasteiger charge is -2.15. The van der Waals surface area contributed by atoms with Crippen molar-refractivity contribution in [3.05, 3.63) is 29.6 Å². The van der Waals surface area contributed by atoms with Crippen LogP contribution in [0.25, 0.3) is 0 Å². The lowest BCUT2D eigenvalue weighted by molar-refractivity contribution is 0.297. The van der Waals surface area contributed by atoms with Gasteiger partial charge in [0.25, 0.3) is 0 Å². The summed E-state index contributed by atoms with van der Waals surface area (Å²) in [5.41, 5.74) is 0.912. The third kappa shape index (κ3) is 5.27. The first kappa shape index (κ1) is 15.5. The minimum atomic E-state index is -0.348. The van der Waals surface area contributed by atoms with Gasteiger partial charge in [-0.05, 0) is 44.0 Å². The van der Waals surface area contributed by atoms with Crippen molar-refractivity contribution in [1.29, 1.82) is 5.26 Å². The largest absolute Gasteiger partial charge is 0.490 e. The van der Waals surface area contributed by atoms with E-state index in [1.54, 1.807) is 6.07 Å². The molecule has 0 aromatic heterocycles. The molecule has 1 aromatic carbocycles. The van der Waals surface area contributed by atoms with Crippen molar-refractivity contribution in [2.45, 2.75) is 39.2 Å². The van der Waals surface area contributed by atoms with Crippen LogP contribution in [0.5, 0.6) is 5.75 Å². The molecule has 0 aliphatic carbocycles. The van der Waals surface area contributed by atoms with Crippen LogP contribution >= 0.6 is 0 Å². The average molecular weight is 264 g/mol. The van der Waals surface area contributed by atoms with E-state index in [1.165, 1.54) is 6.07 Å². The van der Waals surface area contributed by atoms with E-state index in [2.05, 4.69) is 12.2 Å². The van der Waals surface area contributed by atoms with Gasteiger partial charge in [-0.25, -0.2) is 4.39 Å². The predicted octanol–water partition coefficient (Wildman–Crippen LogP) is 3.57. The summed E-state index contributed by atoms with van der Waals surface area (Å²) in [5.74, 6) is -0.0935. The van der Waals surface area contributed by atoms with Crippen LogP contribution in [0, 0.1) is 17.1 Å². The average Bonchev–Trinajstić information content (AvgIpc) is 2.42. The highest BCUT2D eigenvalue weighted by molar-refractivity contribution is 5.30. The maximum atomic E-state index is 13.8. The molecule has 19 heavy (non-hydrogen) atoms. The first-order valence-electron chi connectivity index (χ1n) is 6.71. The van der Waals surface area contributed by atoms with Crippen molar-refractivity contribution >= 4 is 0 Å². The zero-order valence-electron chi connectivity index (χ0n) is 11.6. The van der Waals surface area contributed by atoms with Gasteiger partial charge < -0.3 is 10.1 Å². The summed E-state index contributed by atoms with van der Waals surface area (Å²) in [7, 11) is 0. The monoisotopic (exact) mass is 264 g/mol. The van der Waals surface area contributed by atoms with Crippen LogP contribution in [0.15, 0.2) is 18.2 Å². The summed E-state index contributed by atoms with van der Waals surface area (Å²) in [6.45, 7) is 5.39. The molecular formula is C15H21FN2O. The van der Waals surface area contributed by atoms with Gasteiger partial charge in [0.1, 0.15) is 0 Å². The molecule has 1 atom stereocenters. The van der Waals surface area contributed by atoms with Crippen LogP contribution in [-0.2, 0) is 0 Å². The van der Waals surface area contributed by atoms with Crippen molar-refractivity contribution in [2.24, 2.45) is 0 Å². The van der Waals surface area contributed by atoms with Crippen LogP contribution in [-0.4, -0.2) is 13.2 Å². The van der Waals surface area contributed by atoms with Crippen molar-refractivity contribution in [1.82, 2.24) is 5.32 Å². The quantitative estimate of drug-likeness (QED) is 0.730. The van der Waals surface area contributed by atoms with E-state index in [0.717, 1.165) is 18.5 Å². The zero-order valence-corrected chi connectivity index (χ0v) is 11.6. The third-order valence-corrected chi connectivity index (χ3v) is 2.85. The highest BCUT2D eigenvalue weighted by Gasteiger charge is 2.09. The highest BCUT2D eigenvalue weighted by Crippen LogP contribution is 2.22. The Kier molecular flexibility index (Phi) is 6.91. The first-order valence-corrected chi connectivity index (χ1v) is 6.71. The second-order valence-electron chi connectivity index (χ2n) is 4.48. The lowest BCUT2D eigenvalue weighted by Crippen LogP contribution is -2.19. The summed E-state index contributed by atoms with van der Waals surface area (Å²) in [6.07, 6.45) is 2.09. The first-order chi connectivity index (χ1) is 9.19. The van der Waals surface area contributed by atoms with Gasteiger partial charge in [0.15, 0.2) is 11.6 Å². The van der Waals surface area contributed by atoms with Crippen LogP contribution < -0.4 is 10.1 Å². The van der Waals surface area contributed by atoms with E-state index in [-0.39, 0.29) is 17.6 Å². The minimum Gasteiger partial charge on any atom is -0.490 e. The Bertz CT molecular complexity index is 429. The number of nitriles is 1. The van der Waals surface area contributed by atoms with Crippen molar-refractivity contribution < 1.29 is 9.13 Å². The molecule has 0 spiro atoms. The molecule has 0 saturated heterocycles. The maximum Gasteiger partial charge on any atom is 0.165 e. The van der Waals surface area contributed by atoms with E-state index >= 15 is 0 Å². The molecule has 0 heterocycles. The molecule has 1 unspecified atom stereocenters. The molecule has 3 nitrogen and oxygen atoms in total. The zero-order chi connectivity index (χ0) is 14.1. The van der Waals surface area contributed by atoms with Gasteiger partial charge in [0, 0.05) is 12.5 Å². The van der Waals surface area contributed by atoms with Crippen molar-refractivity contribution in [2.75, 3.05) is 13.2 Å². The summed E-state index contributed by atoms with van der Waals surface area (Å²) in [4.78, 5) is 0. The minimum absolute atomic E-state index is 0.127. The molecule has 0 saturated carbocycles. The molecule has 104 valence electrons. The summed E-state index contributed by atoms with van der Waals surface area (Å²) in [6, 6.07) is 7.19. The smallest absolute Gasteiger partial charge is 0.165 e. The van der Waals surface area contributed by atoms with E-state index in [0.29, 0.717) is 19.4 Å². The van der Waals surface area contributed by atoms with E-state index in [4.69, 9.17) is 10.00 Å². The van der Waals surface area contributed by atoms with Crippen LogP contribution in [0.2, 0.25) is 0 Å². The summed E-state index contributed by atoms with van der Waals surface area (Å²) >= 11 is 0. The molecular weight excluding hydrogens is 243 g/mol. The van der Waals surface area contributed by atoms with E-state index in [1.807, 2.05) is 19.1 Å². The number of nitrogens with one attached hydrogen (secondary N) is 1. The maximum absolute atomic E-state index is 13.8. The molecule has 0 aliphatic rings. The second-order valence-corrected chi connectivity index (χ2v) is 4.48. The van der Waals surface area contributed by atoms with Gasteiger partial charge in [-0.1, -0.05) is 13.0 Å². The number of halogens is 1. The van der Waals surface area contributed by atoms with Gasteiger partial charge in [0.05, 0.1) is 12.7 Å². The van der Waals surface area contributed by atoms with E-state index in [9.17, 15) is 4.39 Å². The third-order valence-electron chi connectivity index (χ3n) is 2.85. The number of rotatable bonds is 8. The van der Waals surface area contributed by atoms with Crippen LogP contribution in [0.4, 0.5) is 4.39 Å². The van der Waals surface area contributed by atoms with Gasteiger partial charge in [-0.3, -0.25) is 0 Å². The fourth-order valence-electron chi connectivity index (χ4n) is 1.72. The molecule has 4 heteroatoms. The molecule has 1 rings (SSSR count). The number of benzene rings is 1. The highest BCUT2D eigenvalue weighted by atomic mass is 19.1. The molecule has 0 aliphatic heterocycles. The van der Waals surface area contributed by atoms with Crippen LogP contribution in [0.3, 0.4) is 0 Å².